The summed E-state index contributed by atoms with van der Waals surface area (Å²) in [5, 5.41) is 2.46. The van der Waals surface area contributed by atoms with Crippen LogP contribution in [0.4, 0.5) is 17.1 Å². The molecule has 0 atom stereocenters. The molecular formula is C86H56N2. The van der Waals surface area contributed by atoms with Gasteiger partial charge < -0.3 is 9.47 Å². The van der Waals surface area contributed by atoms with Gasteiger partial charge in [-0.2, -0.15) is 0 Å². The van der Waals surface area contributed by atoms with E-state index in [1.165, 1.54) is 122 Å². The number of fused-ring (bicyclic) bond motifs is 16. The molecule has 0 aliphatic heterocycles. The number of para-hydroxylation sites is 1. The smallest absolute Gasteiger partial charge is 0.0726 e. The fraction of sp³-hybridized carbons (Fsp3) is 0.0233. The molecule has 410 valence electrons. The predicted octanol–water partition coefficient (Wildman–Crippen LogP) is 22.0. The number of nitrogens with zero attached hydrogens (tertiary/aromatic N) is 2. The Bertz CT molecular complexity index is 5150. The number of rotatable bonds is 9. The molecule has 2 heteroatoms. The van der Waals surface area contributed by atoms with Gasteiger partial charge in [0.15, 0.2) is 0 Å². The van der Waals surface area contributed by atoms with E-state index in [9.17, 15) is 0 Å². The molecule has 0 radical (unpaired) electrons. The molecular weight excluding hydrogens is 1060 g/mol. The molecule has 14 aromatic carbocycles. The van der Waals surface area contributed by atoms with Crippen molar-refractivity contribution in [3.8, 4) is 72.4 Å². The van der Waals surface area contributed by atoms with Crippen LogP contribution in [0, 0.1) is 0 Å². The molecule has 18 rings (SSSR count). The van der Waals surface area contributed by atoms with Gasteiger partial charge in [-0.05, 0) is 172 Å². The predicted molar refractivity (Wildman–Crippen MR) is 365 cm³/mol. The minimum atomic E-state index is -0.469. The summed E-state index contributed by atoms with van der Waals surface area (Å²) in [6.07, 6.45) is 0. The highest BCUT2D eigenvalue weighted by Gasteiger charge is 2.52. The largest absolute Gasteiger partial charge is 0.310 e. The molecule has 15 aromatic rings. The molecule has 3 aliphatic carbocycles. The molecule has 3 aliphatic rings. The highest BCUT2D eigenvalue weighted by molar-refractivity contribution is 6.11. The molecule has 0 bridgehead atoms. The van der Waals surface area contributed by atoms with Gasteiger partial charge in [0, 0.05) is 33.5 Å². The normalized spacial score (nSPS) is 13.4. The topological polar surface area (TPSA) is 8.17 Å². The molecule has 0 saturated carbocycles. The van der Waals surface area contributed by atoms with Crippen LogP contribution in [0.25, 0.3) is 94.3 Å². The van der Waals surface area contributed by atoms with Crippen molar-refractivity contribution in [2.45, 2.75) is 10.8 Å². The first-order valence-corrected chi connectivity index (χ1v) is 30.6. The lowest BCUT2D eigenvalue weighted by atomic mass is 9.68. The van der Waals surface area contributed by atoms with Crippen LogP contribution in [0.3, 0.4) is 0 Å². The van der Waals surface area contributed by atoms with Crippen molar-refractivity contribution in [1.82, 2.24) is 4.57 Å². The Morgan fingerprint density at radius 1 is 0.216 bits per heavy atom. The monoisotopic (exact) mass is 1120 g/mol. The Hall–Kier alpha value is -11.3. The van der Waals surface area contributed by atoms with Crippen molar-refractivity contribution in [1.29, 1.82) is 0 Å². The van der Waals surface area contributed by atoms with Crippen molar-refractivity contribution in [3.05, 3.63) is 384 Å². The van der Waals surface area contributed by atoms with Crippen molar-refractivity contribution in [2.75, 3.05) is 4.90 Å². The third-order valence-corrected chi connectivity index (χ3v) is 19.5. The van der Waals surface area contributed by atoms with E-state index in [1.807, 2.05) is 0 Å². The molecule has 0 unspecified atom stereocenters. The Labute approximate surface area is 512 Å². The molecule has 0 amide bonds. The van der Waals surface area contributed by atoms with Crippen LogP contribution in [0.15, 0.2) is 340 Å². The lowest BCUT2D eigenvalue weighted by Crippen LogP contribution is -2.28. The maximum Gasteiger partial charge on any atom is 0.0726 e. The zero-order chi connectivity index (χ0) is 57.9. The Balaban J connectivity index is 0.762. The van der Waals surface area contributed by atoms with Gasteiger partial charge in [0.1, 0.15) is 0 Å². The summed E-state index contributed by atoms with van der Waals surface area (Å²) >= 11 is 0. The molecule has 0 saturated heterocycles. The van der Waals surface area contributed by atoms with Gasteiger partial charge in [0.25, 0.3) is 0 Å². The molecule has 1 heterocycles. The number of hydrogen-bond donors (Lipinski definition) is 0. The molecule has 2 nitrogen and oxygen atoms in total. The molecule has 0 fully saturated rings. The van der Waals surface area contributed by atoms with Crippen molar-refractivity contribution >= 4 is 38.9 Å². The lowest BCUT2D eigenvalue weighted by Gasteiger charge is -2.33. The van der Waals surface area contributed by atoms with Gasteiger partial charge in [0.2, 0.25) is 0 Å². The average molecular weight is 1120 g/mol. The summed E-state index contributed by atoms with van der Waals surface area (Å²) < 4.78 is 2.49. The van der Waals surface area contributed by atoms with E-state index in [0.717, 1.165) is 33.9 Å². The summed E-state index contributed by atoms with van der Waals surface area (Å²) in [6.45, 7) is 0. The molecule has 1 aromatic heterocycles. The Morgan fingerprint density at radius 3 is 1.22 bits per heavy atom. The van der Waals surface area contributed by atoms with Crippen LogP contribution in [0.1, 0.15) is 44.5 Å². The van der Waals surface area contributed by atoms with E-state index < -0.39 is 10.8 Å². The van der Waals surface area contributed by atoms with Gasteiger partial charge in [-0.1, -0.05) is 279 Å². The van der Waals surface area contributed by atoms with Crippen LogP contribution in [-0.4, -0.2) is 4.57 Å². The van der Waals surface area contributed by atoms with E-state index in [4.69, 9.17) is 0 Å². The van der Waals surface area contributed by atoms with Crippen molar-refractivity contribution in [2.24, 2.45) is 0 Å². The first-order chi connectivity index (χ1) is 43.7. The lowest BCUT2D eigenvalue weighted by molar-refractivity contribution is 0.768. The van der Waals surface area contributed by atoms with E-state index in [-0.39, 0.29) is 0 Å². The van der Waals surface area contributed by atoms with Gasteiger partial charge in [-0.3, -0.25) is 0 Å². The number of aromatic nitrogens is 1. The van der Waals surface area contributed by atoms with Crippen molar-refractivity contribution in [3.63, 3.8) is 0 Å². The third-order valence-electron chi connectivity index (χ3n) is 19.5. The standard InChI is InChI=1S/C86H56N2/c1-4-22-57(23-5-1)58-40-45-63(46-41-58)87(66-49-52-73-71-32-14-20-38-80(71)86(82(73)56-66)78-36-18-12-30-69(78)70-31-13-19-37-79(70)86)64-47-42-59(43-48-64)67-28-10-11-29-68(67)60-44-51-75-74-34-16-21-39-83(74)88(84(75)54-60)65-50-53-81-76(55-65)72-33-15-17-35-77(72)85(81,61-24-6-2-7-25-61)62-26-8-3-9-27-62/h1-56H. The maximum absolute atomic E-state index is 2.49. The number of anilines is 3. The zero-order valence-electron chi connectivity index (χ0n) is 48.2. The first-order valence-electron chi connectivity index (χ1n) is 30.6. The summed E-state index contributed by atoms with van der Waals surface area (Å²) in [6, 6.07) is 127. The molecule has 0 N–H and O–H groups in total. The van der Waals surface area contributed by atoms with E-state index in [1.54, 1.807) is 0 Å². The quantitative estimate of drug-likeness (QED) is 0.140. The summed E-state index contributed by atoms with van der Waals surface area (Å²) in [4.78, 5) is 2.45. The van der Waals surface area contributed by atoms with Crippen LogP contribution in [-0.2, 0) is 10.8 Å². The second-order valence-corrected chi connectivity index (χ2v) is 23.8. The van der Waals surface area contributed by atoms with Gasteiger partial charge >= 0.3 is 0 Å². The van der Waals surface area contributed by atoms with E-state index in [2.05, 4.69) is 349 Å². The highest BCUT2D eigenvalue weighted by atomic mass is 15.1. The highest BCUT2D eigenvalue weighted by Crippen LogP contribution is 2.64. The second kappa shape index (κ2) is 19.6. The van der Waals surface area contributed by atoms with Crippen molar-refractivity contribution < 1.29 is 0 Å². The summed E-state index contributed by atoms with van der Waals surface area (Å²) in [5.74, 6) is 0. The SMILES string of the molecule is c1ccc(-c2ccc(N(c3ccc(-c4ccccc4-c4ccc5c6ccccc6n(-c6ccc7c(c6)-c6ccccc6C7(c6ccccc6)c6ccccc6)c5c4)cc3)c3ccc4c(c3)C3(c5ccccc5-c5ccccc53)c3ccccc3-4)cc2)cc1. The van der Waals surface area contributed by atoms with Crippen LogP contribution in [0.2, 0.25) is 0 Å². The summed E-state index contributed by atoms with van der Waals surface area (Å²) in [5.41, 5.74) is 31.1. The molecule has 1 spiro atoms. The third kappa shape index (κ3) is 7.18. The zero-order valence-corrected chi connectivity index (χ0v) is 48.2. The first kappa shape index (κ1) is 50.0. The minimum absolute atomic E-state index is 0.464. The average Bonchev–Trinajstić information content (AvgIpc) is 1.53. The van der Waals surface area contributed by atoms with Crippen LogP contribution >= 0.6 is 0 Å². The minimum Gasteiger partial charge on any atom is -0.310 e. The maximum atomic E-state index is 2.49. The Morgan fingerprint density at radius 2 is 0.625 bits per heavy atom. The second-order valence-electron chi connectivity index (χ2n) is 23.8. The van der Waals surface area contributed by atoms with E-state index in [0.29, 0.717) is 0 Å². The van der Waals surface area contributed by atoms with Crippen LogP contribution in [0.5, 0.6) is 0 Å². The van der Waals surface area contributed by atoms with Crippen LogP contribution < -0.4 is 4.90 Å². The van der Waals surface area contributed by atoms with Gasteiger partial charge in [-0.15, -0.1) is 0 Å². The fourth-order valence-electron chi connectivity index (χ4n) is 15.9. The van der Waals surface area contributed by atoms with Gasteiger partial charge in [0.05, 0.1) is 21.9 Å². The van der Waals surface area contributed by atoms with E-state index >= 15 is 0 Å². The number of hydrogen-bond acceptors (Lipinski definition) is 1. The number of benzene rings is 14. The summed E-state index contributed by atoms with van der Waals surface area (Å²) in [7, 11) is 0. The fourth-order valence-corrected chi connectivity index (χ4v) is 15.9. The molecule has 88 heavy (non-hydrogen) atoms. The Kier molecular flexibility index (Phi) is 11.2. The van der Waals surface area contributed by atoms with Gasteiger partial charge in [-0.25, -0.2) is 0 Å².